The SMILES string of the molecule is CC1CC(=O)c2c3c(n(-c4ccccc4)c2C1)-c1ccccc1C3=O. The number of fused-ring (bicyclic) bond motifs is 5. The molecule has 0 N–H and O–H groups in total. The van der Waals surface area contributed by atoms with Crippen LogP contribution in [0.2, 0.25) is 0 Å². The van der Waals surface area contributed by atoms with Gasteiger partial charge in [-0.05, 0) is 24.5 Å². The van der Waals surface area contributed by atoms with Crippen molar-refractivity contribution in [2.75, 3.05) is 0 Å². The van der Waals surface area contributed by atoms with Crippen molar-refractivity contribution in [3.05, 3.63) is 77.0 Å². The van der Waals surface area contributed by atoms with Gasteiger partial charge < -0.3 is 4.57 Å². The summed E-state index contributed by atoms with van der Waals surface area (Å²) < 4.78 is 2.14. The quantitative estimate of drug-likeness (QED) is 0.518. The fraction of sp³-hybridized carbons (Fsp3) is 0.182. The Morgan fingerprint density at radius 1 is 0.840 bits per heavy atom. The molecule has 1 heterocycles. The highest BCUT2D eigenvalue weighted by atomic mass is 16.1. The summed E-state index contributed by atoms with van der Waals surface area (Å²) in [5, 5.41) is 0. The number of nitrogens with zero attached hydrogens (tertiary/aromatic N) is 1. The number of aromatic nitrogens is 1. The summed E-state index contributed by atoms with van der Waals surface area (Å²) in [4.78, 5) is 25.9. The first-order valence-corrected chi connectivity index (χ1v) is 8.67. The van der Waals surface area contributed by atoms with E-state index in [9.17, 15) is 9.59 Å². The predicted molar refractivity (Wildman–Crippen MR) is 96.5 cm³/mol. The van der Waals surface area contributed by atoms with Crippen molar-refractivity contribution in [3.63, 3.8) is 0 Å². The molecular weight excluding hydrogens is 310 g/mol. The molecule has 0 radical (unpaired) electrons. The molecule has 3 aromatic rings. The van der Waals surface area contributed by atoms with E-state index in [1.807, 2.05) is 54.6 Å². The van der Waals surface area contributed by atoms with Crippen LogP contribution in [0.4, 0.5) is 0 Å². The average Bonchev–Trinajstić information content (AvgIpc) is 3.10. The molecule has 0 saturated heterocycles. The van der Waals surface area contributed by atoms with Gasteiger partial charge >= 0.3 is 0 Å². The minimum Gasteiger partial charge on any atom is -0.312 e. The summed E-state index contributed by atoms with van der Waals surface area (Å²) in [6.45, 7) is 2.10. The minimum absolute atomic E-state index is 0.0144. The van der Waals surface area contributed by atoms with E-state index in [2.05, 4.69) is 11.5 Å². The van der Waals surface area contributed by atoms with Crippen LogP contribution in [0.25, 0.3) is 16.9 Å². The number of benzene rings is 2. The van der Waals surface area contributed by atoms with Gasteiger partial charge in [0.05, 0.1) is 16.8 Å². The molecule has 25 heavy (non-hydrogen) atoms. The summed E-state index contributed by atoms with van der Waals surface area (Å²) in [7, 11) is 0. The van der Waals surface area contributed by atoms with Gasteiger partial charge in [-0.2, -0.15) is 0 Å². The third-order valence-corrected chi connectivity index (χ3v) is 5.29. The van der Waals surface area contributed by atoms with Crippen LogP contribution in [0.15, 0.2) is 54.6 Å². The molecule has 2 aliphatic rings. The molecule has 1 aromatic heterocycles. The summed E-state index contributed by atoms with van der Waals surface area (Å²) in [6.07, 6.45) is 1.33. The van der Waals surface area contributed by atoms with Crippen LogP contribution in [0, 0.1) is 5.92 Å². The van der Waals surface area contributed by atoms with Crippen LogP contribution >= 0.6 is 0 Å². The zero-order valence-corrected chi connectivity index (χ0v) is 14.0. The van der Waals surface area contributed by atoms with E-state index in [0.717, 1.165) is 29.1 Å². The number of hydrogen-bond donors (Lipinski definition) is 0. The highest BCUT2D eigenvalue weighted by molar-refractivity contribution is 6.26. The first-order valence-electron chi connectivity index (χ1n) is 8.67. The van der Waals surface area contributed by atoms with E-state index in [1.54, 1.807) is 0 Å². The van der Waals surface area contributed by atoms with E-state index in [0.29, 0.717) is 29.0 Å². The van der Waals surface area contributed by atoms with E-state index >= 15 is 0 Å². The minimum atomic E-state index is -0.0144. The topological polar surface area (TPSA) is 39.1 Å². The van der Waals surface area contributed by atoms with Crippen LogP contribution in [0.5, 0.6) is 0 Å². The molecular formula is C22H17NO2. The summed E-state index contributed by atoms with van der Waals surface area (Å²) in [5.41, 5.74) is 5.77. The van der Waals surface area contributed by atoms with E-state index in [4.69, 9.17) is 0 Å². The van der Waals surface area contributed by atoms with Crippen molar-refractivity contribution in [1.29, 1.82) is 0 Å². The molecule has 2 aromatic carbocycles. The van der Waals surface area contributed by atoms with E-state index in [1.165, 1.54) is 0 Å². The Balaban J connectivity index is 1.92. The van der Waals surface area contributed by atoms with Gasteiger partial charge in [0.15, 0.2) is 11.6 Å². The van der Waals surface area contributed by atoms with Gasteiger partial charge in [-0.25, -0.2) is 0 Å². The second-order valence-electron chi connectivity index (χ2n) is 7.03. The Hall–Kier alpha value is -2.94. The maximum atomic E-state index is 13.1. The molecule has 0 saturated carbocycles. The molecule has 0 bridgehead atoms. The largest absolute Gasteiger partial charge is 0.312 e. The van der Waals surface area contributed by atoms with Gasteiger partial charge in [0, 0.05) is 28.9 Å². The van der Waals surface area contributed by atoms with Gasteiger partial charge in [0.25, 0.3) is 0 Å². The van der Waals surface area contributed by atoms with E-state index in [-0.39, 0.29) is 11.6 Å². The lowest BCUT2D eigenvalue weighted by Gasteiger charge is -2.21. The lowest BCUT2D eigenvalue weighted by Crippen LogP contribution is -2.21. The smallest absolute Gasteiger partial charge is 0.196 e. The lowest BCUT2D eigenvalue weighted by molar-refractivity contribution is 0.0942. The molecule has 2 aliphatic carbocycles. The normalized spacial score (nSPS) is 18.0. The fourth-order valence-electron chi connectivity index (χ4n) is 4.30. The average molecular weight is 327 g/mol. The number of carbonyl (C=O) groups is 2. The van der Waals surface area contributed by atoms with Crippen LogP contribution < -0.4 is 0 Å². The number of para-hydroxylation sites is 1. The third-order valence-electron chi connectivity index (χ3n) is 5.29. The molecule has 5 rings (SSSR count). The summed E-state index contributed by atoms with van der Waals surface area (Å²) >= 11 is 0. The highest BCUT2D eigenvalue weighted by Crippen LogP contribution is 2.45. The monoisotopic (exact) mass is 327 g/mol. The molecule has 3 nitrogen and oxygen atoms in total. The maximum absolute atomic E-state index is 13.1. The maximum Gasteiger partial charge on any atom is 0.196 e. The molecule has 0 amide bonds. The second kappa shape index (κ2) is 5.03. The summed E-state index contributed by atoms with van der Waals surface area (Å²) in [6, 6.07) is 17.7. The Bertz CT molecular complexity index is 1040. The lowest BCUT2D eigenvalue weighted by atomic mass is 9.86. The Morgan fingerprint density at radius 2 is 1.52 bits per heavy atom. The van der Waals surface area contributed by atoms with E-state index < -0.39 is 0 Å². The van der Waals surface area contributed by atoms with Gasteiger partial charge in [0.2, 0.25) is 0 Å². The molecule has 0 aliphatic heterocycles. The molecule has 3 heteroatoms. The molecule has 1 unspecified atom stereocenters. The standard InChI is InChI=1S/C22H17NO2/c1-13-11-17-19(18(24)12-13)20-21(23(17)14-7-3-2-4-8-14)15-9-5-6-10-16(15)22(20)25/h2-10,13H,11-12H2,1H3. The van der Waals surface area contributed by atoms with Gasteiger partial charge in [-0.15, -0.1) is 0 Å². The Kier molecular flexibility index (Phi) is 2.90. The second-order valence-corrected chi connectivity index (χ2v) is 7.03. The van der Waals surface area contributed by atoms with Gasteiger partial charge in [-0.1, -0.05) is 49.4 Å². The third kappa shape index (κ3) is 1.86. The van der Waals surface area contributed by atoms with Crippen molar-refractivity contribution in [3.8, 4) is 16.9 Å². The van der Waals surface area contributed by atoms with Crippen molar-refractivity contribution >= 4 is 11.6 Å². The van der Waals surface area contributed by atoms with Crippen LogP contribution in [-0.2, 0) is 6.42 Å². The van der Waals surface area contributed by atoms with Gasteiger partial charge in [0.1, 0.15) is 0 Å². The first kappa shape index (κ1) is 14.4. The number of ketones is 2. The van der Waals surface area contributed by atoms with Crippen molar-refractivity contribution in [2.24, 2.45) is 5.92 Å². The number of Topliss-reactive ketones (excluding diaryl/α,β-unsaturated/α-hetero) is 1. The number of rotatable bonds is 1. The zero-order chi connectivity index (χ0) is 17.1. The van der Waals surface area contributed by atoms with Crippen LogP contribution in [-0.4, -0.2) is 16.1 Å². The summed E-state index contributed by atoms with van der Waals surface area (Å²) in [5.74, 6) is 0.378. The van der Waals surface area contributed by atoms with Crippen molar-refractivity contribution in [2.45, 2.75) is 19.8 Å². The van der Waals surface area contributed by atoms with Crippen molar-refractivity contribution in [1.82, 2.24) is 4.57 Å². The predicted octanol–water partition coefficient (Wildman–Crippen LogP) is 4.45. The number of hydrogen-bond acceptors (Lipinski definition) is 2. The Morgan fingerprint density at radius 3 is 2.28 bits per heavy atom. The molecule has 0 fully saturated rings. The number of carbonyl (C=O) groups excluding carboxylic acids is 2. The Labute approximate surface area is 145 Å². The zero-order valence-electron chi connectivity index (χ0n) is 14.0. The highest BCUT2D eigenvalue weighted by Gasteiger charge is 2.40. The molecule has 122 valence electrons. The van der Waals surface area contributed by atoms with Crippen LogP contribution in [0.3, 0.4) is 0 Å². The molecule has 1 atom stereocenters. The van der Waals surface area contributed by atoms with Crippen molar-refractivity contribution < 1.29 is 9.59 Å². The van der Waals surface area contributed by atoms with Gasteiger partial charge in [-0.3, -0.25) is 9.59 Å². The molecule has 0 spiro atoms. The first-order chi connectivity index (χ1) is 12.2. The fourth-order valence-corrected chi connectivity index (χ4v) is 4.30. The van der Waals surface area contributed by atoms with Crippen LogP contribution in [0.1, 0.15) is 45.3 Å².